The van der Waals surface area contributed by atoms with Gasteiger partial charge in [0.1, 0.15) is 5.75 Å². The predicted octanol–water partition coefficient (Wildman–Crippen LogP) is 3.92. The van der Waals surface area contributed by atoms with Crippen molar-refractivity contribution in [3.8, 4) is 11.6 Å². The summed E-state index contributed by atoms with van der Waals surface area (Å²) >= 11 is 0. The number of benzene rings is 2. The molecule has 9 heteroatoms. The number of hydrogen-bond donors (Lipinski definition) is 2. The SMILES string of the molecule is CCCOc1ncccc1CNC(=O)c1cc(S(=O)(=O)Nc2ccc(OC)cc2)ccc1C. The maximum Gasteiger partial charge on any atom is 0.261 e. The van der Waals surface area contributed by atoms with Gasteiger partial charge < -0.3 is 14.8 Å². The van der Waals surface area contributed by atoms with E-state index in [4.69, 9.17) is 9.47 Å². The summed E-state index contributed by atoms with van der Waals surface area (Å²) in [4.78, 5) is 17.1. The normalized spacial score (nSPS) is 11.0. The Bertz CT molecular complexity index is 1210. The van der Waals surface area contributed by atoms with Gasteiger partial charge in [-0.2, -0.15) is 0 Å². The van der Waals surface area contributed by atoms with Gasteiger partial charge in [-0.3, -0.25) is 9.52 Å². The molecule has 0 aliphatic carbocycles. The van der Waals surface area contributed by atoms with Gasteiger partial charge in [0.2, 0.25) is 5.88 Å². The summed E-state index contributed by atoms with van der Waals surface area (Å²) in [6.07, 6.45) is 2.47. The number of rotatable bonds is 10. The molecule has 0 saturated heterocycles. The van der Waals surface area contributed by atoms with Crippen molar-refractivity contribution in [2.24, 2.45) is 0 Å². The lowest BCUT2D eigenvalue weighted by Crippen LogP contribution is -2.24. The minimum absolute atomic E-state index is 0.0117. The van der Waals surface area contributed by atoms with Crippen LogP contribution in [0.15, 0.2) is 65.7 Å². The number of nitrogens with zero attached hydrogens (tertiary/aromatic N) is 1. The number of aryl methyl sites for hydroxylation is 1. The van der Waals surface area contributed by atoms with E-state index in [1.165, 1.54) is 19.2 Å². The van der Waals surface area contributed by atoms with Gasteiger partial charge in [-0.1, -0.05) is 19.1 Å². The largest absolute Gasteiger partial charge is 0.497 e. The average molecular weight is 470 g/mol. The number of ether oxygens (including phenoxy) is 2. The van der Waals surface area contributed by atoms with Crippen LogP contribution in [0, 0.1) is 6.92 Å². The van der Waals surface area contributed by atoms with Crippen molar-refractivity contribution in [2.45, 2.75) is 31.7 Å². The van der Waals surface area contributed by atoms with Crippen molar-refractivity contribution in [3.63, 3.8) is 0 Å². The first-order valence-electron chi connectivity index (χ1n) is 10.5. The van der Waals surface area contributed by atoms with Crippen molar-refractivity contribution in [2.75, 3.05) is 18.4 Å². The molecule has 1 heterocycles. The summed E-state index contributed by atoms with van der Waals surface area (Å²) in [6.45, 7) is 4.48. The molecule has 8 nitrogen and oxygen atoms in total. The van der Waals surface area contributed by atoms with Gasteiger partial charge in [0.25, 0.3) is 15.9 Å². The van der Waals surface area contributed by atoms with Crippen LogP contribution < -0.4 is 19.5 Å². The molecule has 33 heavy (non-hydrogen) atoms. The molecule has 0 fully saturated rings. The summed E-state index contributed by atoms with van der Waals surface area (Å²) in [5, 5.41) is 2.83. The van der Waals surface area contributed by atoms with E-state index in [9.17, 15) is 13.2 Å². The third kappa shape index (κ3) is 6.23. The summed E-state index contributed by atoms with van der Waals surface area (Å²) in [7, 11) is -2.36. The molecule has 0 atom stereocenters. The van der Waals surface area contributed by atoms with Crippen LogP contribution in [0.1, 0.15) is 34.8 Å². The van der Waals surface area contributed by atoms with Crippen LogP contribution in [0.2, 0.25) is 0 Å². The number of carbonyl (C=O) groups excluding carboxylic acids is 1. The number of sulfonamides is 1. The third-order valence-electron chi connectivity index (χ3n) is 4.84. The highest BCUT2D eigenvalue weighted by Gasteiger charge is 2.19. The maximum absolute atomic E-state index is 12.9. The molecule has 0 bridgehead atoms. The fourth-order valence-corrected chi connectivity index (χ4v) is 4.13. The average Bonchev–Trinajstić information content (AvgIpc) is 2.82. The molecule has 2 N–H and O–H groups in total. The van der Waals surface area contributed by atoms with Crippen LogP contribution >= 0.6 is 0 Å². The predicted molar refractivity (Wildman–Crippen MR) is 126 cm³/mol. The quantitative estimate of drug-likeness (QED) is 0.466. The van der Waals surface area contributed by atoms with Crippen LogP contribution in [0.4, 0.5) is 5.69 Å². The van der Waals surface area contributed by atoms with Gasteiger partial charge in [-0.15, -0.1) is 0 Å². The van der Waals surface area contributed by atoms with E-state index in [2.05, 4.69) is 15.0 Å². The Labute approximate surface area is 194 Å². The standard InChI is InChI=1S/C24H27N3O5S/c1-4-14-32-24-18(6-5-13-25-24)16-26-23(28)22-15-21(12-7-17(22)2)33(29,30)27-19-8-10-20(31-3)11-9-19/h5-13,15,27H,4,14,16H2,1-3H3,(H,26,28). The minimum Gasteiger partial charge on any atom is -0.497 e. The van der Waals surface area contributed by atoms with E-state index in [0.717, 1.165) is 12.0 Å². The number of nitrogens with one attached hydrogen (secondary N) is 2. The summed E-state index contributed by atoms with van der Waals surface area (Å²) < 4.78 is 39.0. The van der Waals surface area contributed by atoms with Crippen molar-refractivity contribution in [1.29, 1.82) is 0 Å². The van der Waals surface area contributed by atoms with Crippen molar-refractivity contribution >= 4 is 21.6 Å². The van der Waals surface area contributed by atoms with Crippen molar-refractivity contribution in [3.05, 3.63) is 77.5 Å². The Kier molecular flexibility index (Phi) is 7.89. The highest BCUT2D eigenvalue weighted by atomic mass is 32.2. The fraction of sp³-hybridized carbons (Fsp3) is 0.250. The Hall–Kier alpha value is -3.59. The molecule has 0 unspecified atom stereocenters. The Morgan fingerprint density at radius 2 is 1.85 bits per heavy atom. The van der Waals surface area contributed by atoms with Crippen molar-refractivity contribution < 1.29 is 22.7 Å². The monoisotopic (exact) mass is 469 g/mol. The Morgan fingerprint density at radius 1 is 1.09 bits per heavy atom. The smallest absolute Gasteiger partial charge is 0.261 e. The van der Waals surface area contributed by atoms with Gasteiger partial charge in [0.05, 0.1) is 18.6 Å². The molecule has 3 rings (SSSR count). The van der Waals surface area contributed by atoms with Crippen LogP contribution in [0.3, 0.4) is 0 Å². The topological polar surface area (TPSA) is 107 Å². The molecule has 0 saturated carbocycles. The summed E-state index contributed by atoms with van der Waals surface area (Å²) in [6, 6.07) is 14.6. The molecule has 2 aromatic carbocycles. The third-order valence-corrected chi connectivity index (χ3v) is 6.22. The first-order valence-corrected chi connectivity index (χ1v) is 11.9. The molecular formula is C24H27N3O5S. The number of carbonyl (C=O) groups is 1. The van der Waals surface area contributed by atoms with E-state index in [0.29, 0.717) is 29.5 Å². The number of methoxy groups -OCH3 is 1. The zero-order valence-electron chi connectivity index (χ0n) is 18.8. The lowest BCUT2D eigenvalue weighted by atomic mass is 10.1. The molecular weight excluding hydrogens is 442 g/mol. The molecule has 174 valence electrons. The van der Waals surface area contributed by atoms with E-state index in [1.807, 2.05) is 13.0 Å². The zero-order valence-corrected chi connectivity index (χ0v) is 19.6. The highest BCUT2D eigenvalue weighted by molar-refractivity contribution is 7.92. The second-order valence-electron chi connectivity index (χ2n) is 7.31. The van der Waals surface area contributed by atoms with Gasteiger partial charge in [0.15, 0.2) is 0 Å². The van der Waals surface area contributed by atoms with E-state index in [1.54, 1.807) is 49.5 Å². The minimum atomic E-state index is -3.89. The molecule has 0 aliphatic heterocycles. The fourth-order valence-electron chi connectivity index (χ4n) is 3.04. The molecule has 1 aromatic heterocycles. The second-order valence-corrected chi connectivity index (χ2v) is 8.99. The summed E-state index contributed by atoms with van der Waals surface area (Å²) in [5.41, 5.74) is 2.05. The van der Waals surface area contributed by atoms with Crippen LogP contribution in [-0.4, -0.2) is 33.0 Å². The maximum atomic E-state index is 12.9. The molecule has 0 spiro atoms. The highest BCUT2D eigenvalue weighted by Crippen LogP contribution is 2.22. The zero-order chi connectivity index (χ0) is 23.8. The van der Waals surface area contributed by atoms with Gasteiger partial charge in [-0.05, 0) is 61.4 Å². The van der Waals surface area contributed by atoms with Gasteiger partial charge >= 0.3 is 0 Å². The van der Waals surface area contributed by atoms with Crippen LogP contribution in [0.5, 0.6) is 11.6 Å². The lowest BCUT2D eigenvalue weighted by molar-refractivity contribution is 0.0949. The van der Waals surface area contributed by atoms with E-state index < -0.39 is 10.0 Å². The Morgan fingerprint density at radius 3 is 2.55 bits per heavy atom. The first kappa shape index (κ1) is 24.1. The van der Waals surface area contributed by atoms with Gasteiger partial charge in [-0.25, -0.2) is 13.4 Å². The van der Waals surface area contributed by atoms with Gasteiger partial charge in [0, 0.05) is 29.6 Å². The van der Waals surface area contributed by atoms with E-state index >= 15 is 0 Å². The van der Waals surface area contributed by atoms with Crippen LogP contribution in [0.25, 0.3) is 0 Å². The number of amides is 1. The van der Waals surface area contributed by atoms with E-state index in [-0.39, 0.29) is 22.9 Å². The molecule has 0 aliphatic rings. The number of hydrogen-bond acceptors (Lipinski definition) is 6. The van der Waals surface area contributed by atoms with Crippen LogP contribution in [-0.2, 0) is 16.6 Å². The molecule has 1 amide bonds. The number of pyridine rings is 1. The van der Waals surface area contributed by atoms with Crippen molar-refractivity contribution in [1.82, 2.24) is 10.3 Å². The summed E-state index contributed by atoms with van der Waals surface area (Å²) in [5.74, 6) is 0.694. The molecule has 0 radical (unpaired) electrons. The lowest BCUT2D eigenvalue weighted by Gasteiger charge is -2.13. The molecule has 3 aromatic rings. The number of aromatic nitrogens is 1. The Balaban J connectivity index is 1.76. The first-order chi connectivity index (χ1) is 15.8. The number of anilines is 1. The second kappa shape index (κ2) is 10.8.